The zero-order chi connectivity index (χ0) is 28.3. The summed E-state index contributed by atoms with van der Waals surface area (Å²) in [6, 6.07) is 8.48. The monoisotopic (exact) mass is 561 g/mol. The van der Waals surface area contributed by atoms with E-state index in [4.69, 9.17) is 16.3 Å². The molecule has 210 valence electrons. The van der Waals surface area contributed by atoms with Crippen LogP contribution < -0.4 is 20.7 Å². The second-order valence-electron chi connectivity index (χ2n) is 10.9. The van der Waals surface area contributed by atoms with Crippen molar-refractivity contribution < 1.29 is 23.1 Å². The number of carbonyl (C=O) groups is 2. The van der Waals surface area contributed by atoms with E-state index in [1.807, 2.05) is 32.9 Å². The first-order valence-electron chi connectivity index (χ1n) is 13.0. The topological polar surface area (TPSA) is 97.3 Å². The number of imidazole rings is 1. The number of hydrogen-bond acceptors (Lipinski definition) is 5. The normalized spacial score (nSPS) is 13.8. The number of nitrogens with one attached hydrogen (secondary N) is 3. The van der Waals surface area contributed by atoms with Gasteiger partial charge in [0.25, 0.3) is 12.3 Å². The van der Waals surface area contributed by atoms with Gasteiger partial charge < -0.3 is 25.3 Å². The van der Waals surface area contributed by atoms with Crippen molar-refractivity contribution in [2.45, 2.75) is 53.0 Å². The first-order chi connectivity index (χ1) is 18.4. The van der Waals surface area contributed by atoms with E-state index in [1.165, 1.54) is 0 Å². The van der Waals surface area contributed by atoms with E-state index in [2.05, 4.69) is 20.9 Å². The van der Waals surface area contributed by atoms with Crippen LogP contribution in [-0.2, 0) is 18.4 Å². The molecule has 1 aliphatic carbocycles. The standard InChI is InChI=1S/C28H34ClF2N5O3/c1-28(2,3)26(38)33-14-17-8-9-19(29)20(10-17)34-27-35-21-11-18(25(37)32-13-16-6-5-7-16)23(39-15-24(30)31)12-22(21)36(27)4/h8-12,16,24H,5-7,13-15H2,1-4H3,(H,32,37)(H,33,38)(H,34,35). The number of benzene rings is 2. The Labute approximate surface area is 231 Å². The Bertz CT molecular complexity index is 1370. The van der Waals surface area contributed by atoms with Crippen molar-refractivity contribution in [3.63, 3.8) is 0 Å². The summed E-state index contributed by atoms with van der Waals surface area (Å²) in [7, 11) is 1.76. The van der Waals surface area contributed by atoms with E-state index in [1.54, 1.807) is 29.8 Å². The molecule has 2 aromatic carbocycles. The van der Waals surface area contributed by atoms with Gasteiger partial charge in [0.1, 0.15) is 12.4 Å². The Morgan fingerprint density at radius 3 is 2.56 bits per heavy atom. The van der Waals surface area contributed by atoms with Gasteiger partial charge in [-0.25, -0.2) is 13.8 Å². The third-order valence-electron chi connectivity index (χ3n) is 6.78. The van der Waals surface area contributed by atoms with Crippen molar-refractivity contribution in [3.05, 3.63) is 46.5 Å². The smallest absolute Gasteiger partial charge is 0.272 e. The molecular formula is C28H34ClF2N5O3. The molecule has 1 aromatic heterocycles. The average Bonchev–Trinajstić information content (AvgIpc) is 3.14. The van der Waals surface area contributed by atoms with Crippen LogP contribution in [0.2, 0.25) is 5.02 Å². The molecule has 11 heteroatoms. The maximum absolute atomic E-state index is 13.0. The van der Waals surface area contributed by atoms with E-state index < -0.39 is 18.4 Å². The van der Waals surface area contributed by atoms with Crippen LogP contribution >= 0.6 is 11.6 Å². The first-order valence-corrected chi connectivity index (χ1v) is 13.3. The molecule has 0 aliphatic heterocycles. The highest BCUT2D eigenvalue weighted by molar-refractivity contribution is 6.33. The lowest BCUT2D eigenvalue weighted by Crippen LogP contribution is -2.34. The lowest BCUT2D eigenvalue weighted by Gasteiger charge is -2.25. The van der Waals surface area contributed by atoms with Gasteiger partial charge >= 0.3 is 0 Å². The van der Waals surface area contributed by atoms with Gasteiger partial charge in [0.05, 0.1) is 27.3 Å². The highest BCUT2D eigenvalue weighted by Gasteiger charge is 2.23. The molecule has 1 aliphatic rings. The first kappa shape index (κ1) is 28.6. The number of rotatable bonds is 10. The molecule has 0 saturated heterocycles. The molecule has 1 fully saturated rings. The number of anilines is 2. The Morgan fingerprint density at radius 1 is 1.18 bits per heavy atom. The minimum Gasteiger partial charge on any atom is -0.487 e. The number of nitrogens with zero attached hydrogens (tertiary/aromatic N) is 2. The number of halogens is 3. The van der Waals surface area contributed by atoms with Crippen LogP contribution in [0.4, 0.5) is 20.4 Å². The summed E-state index contributed by atoms with van der Waals surface area (Å²) in [5, 5.41) is 9.46. The number of amides is 2. The number of alkyl halides is 2. The van der Waals surface area contributed by atoms with Crippen LogP contribution in [0, 0.1) is 11.3 Å². The van der Waals surface area contributed by atoms with Crippen LogP contribution in [-0.4, -0.2) is 40.9 Å². The molecule has 0 atom stereocenters. The molecule has 4 rings (SSSR count). The molecule has 1 heterocycles. The zero-order valence-corrected chi connectivity index (χ0v) is 23.3. The summed E-state index contributed by atoms with van der Waals surface area (Å²) in [5.41, 5.74) is 2.13. The molecule has 3 aromatic rings. The van der Waals surface area contributed by atoms with Gasteiger partial charge in [-0.1, -0.05) is 44.9 Å². The molecule has 0 radical (unpaired) electrons. The van der Waals surface area contributed by atoms with Crippen LogP contribution in [0.1, 0.15) is 56.0 Å². The third kappa shape index (κ3) is 6.98. The summed E-state index contributed by atoms with van der Waals surface area (Å²) in [6.45, 7) is 5.56. The molecule has 0 bridgehead atoms. The fourth-order valence-electron chi connectivity index (χ4n) is 4.16. The van der Waals surface area contributed by atoms with Crippen LogP contribution in [0.15, 0.2) is 30.3 Å². The van der Waals surface area contributed by atoms with Gasteiger partial charge in [0, 0.05) is 31.6 Å². The number of fused-ring (bicyclic) bond motifs is 1. The molecule has 3 N–H and O–H groups in total. The number of hydrogen-bond donors (Lipinski definition) is 3. The summed E-state index contributed by atoms with van der Waals surface area (Å²) in [6.07, 6.45) is 0.599. The largest absolute Gasteiger partial charge is 0.487 e. The minimum atomic E-state index is -2.68. The van der Waals surface area contributed by atoms with Gasteiger partial charge in [-0.05, 0) is 42.5 Å². The van der Waals surface area contributed by atoms with Crippen molar-refractivity contribution in [2.24, 2.45) is 18.4 Å². The van der Waals surface area contributed by atoms with Gasteiger partial charge in [-0.2, -0.15) is 0 Å². The maximum atomic E-state index is 13.0. The van der Waals surface area contributed by atoms with E-state index in [-0.39, 0.29) is 23.1 Å². The fourth-order valence-corrected chi connectivity index (χ4v) is 4.32. The SMILES string of the molecule is Cn1c(Nc2cc(CNC(=O)C(C)(C)C)ccc2Cl)nc2cc(C(=O)NCC3CCC3)c(OCC(F)F)cc21. The van der Waals surface area contributed by atoms with E-state index in [0.717, 1.165) is 24.8 Å². The van der Waals surface area contributed by atoms with Crippen molar-refractivity contribution in [3.8, 4) is 5.75 Å². The quantitative estimate of drug-likeness (QED) is 0.290. The van der Waals surface area contributed by atoms with Crippen molar-refractivity contribution in [1.29, 1.82) is 0 Å². The number of aromatic nitrogens is 2. The highest BCUT2D eigenvalue weighted by atomic mass is 35.5. The number of carbonyl (C=O) groups excluding carboxylic acids is 2. The molecule has 0 unspecified atom stereocenters. The summed E-state index contributed by atoms with van der Waals surface area (Å²) in [5.74, 6) is 0.477. The van der Waals surface area contributed by atoms with Gasteiger partial charge in [-0.15, -0.1) is 0 Å². The molecule has 8 nitrogen and oxygen atoms in total. The van der Waals surface area contributed by atoms with Gasteiger partial charge in [0.15, 0.2) is 0 Å². The van der Waals surface area contributed by atoms with E-state index in [9.17, 15) is 18.4 Å². The Morgan fingerprint density at radius 2 is 1.92 bits per heavy atom. The van der Waals surface area contributed by atoms with Crippen LogP contribution in [0.5, 0.6) is 5.75 Å². The zero-order valence-electron chi connectivity index (χ0n) is 22.5. The van der Waals surface area contributed by atoms with Gasteiger partial charge in [0.2, 0.25) is 11.9 Å². The molecule has 2 amide bonds. The predicted octanol–water partition coefficient (Wildman–Crippen LogP) is 5.81. The lowest BCUT2D eigenvalue weighted by molar-refractivity contribution is -0.128. The third-order valence-corrected chi connectivity index (χ3v) is 7.11. The Hall–Kier alpha value is -3.40. The average molecular weight is 562 g/mol. The second-order valence-corrected chi connectivity index (χ2v) is 11.3. The Balaban J connectivity index is 1.59. The van der Waals surface area contributed by atoms with E-state index >= 15 is 0 Å². The maximum Gasteiger partial charge on any atom is 0.272 e. The second kappa shape index (κ2) is 11.8. The summed E-state index contributed by atoms with van der Waals surface area (Å²) >= 11 is 6.44. The minimum absolute atomic E-state index is 0.0677. The fraction of sp³-hybridized carbons (Fsp3) is 0.464. The number of aryl methyl sites for hydroxylation is 1. The van der Waals surface area contributed by atoms with Crippen molar-refractivity contribution in [1.82, 2.24) is 20.2 Å². The number of ether oxygens (including phenoxy) is 1. The summed E-state index contributed by atoms with van der Waals surface area (Å²) < 4.78 is 32.9. The van der Waals surface area contributed by atoms with Crippen molar-refractivity contribution in [2.75, 3.05) is 18.5 Å². The molecule has 1 saturated carbocycles. The highest BCUT2D eigenvalue weighted by Crippen LogP contribution is 2.32. The predicted molar refractivity (Wildman–Crippen MR) is 148 cm³/mol. The van der Waals surface area contributed by atoms with Crippen LogP contribution in [0.3, 0.4) is 0 Å². The summed E-state index contributed by atoms with van der Waals surface area (Å²) in [4.78, 5) is 29.8. The molecule has 39 heavy (non-hydrogen) atoms. The molecular weight excluding hydrogens is 528 g/mol. The molecule has 0 spiro atoms. The van der Waals surface area contributed by atoms with Crippen molar-refractivity contribution >= 4 is 46.1 Å². The Kier molecular flexibility index (Phi) is 8.64. The van der Waals surface area contributed by atoms with Gasteiger partial charge in [-0.3, -0.25) is 9.59 Å². The van der Waals surface area contributed by atoms with Crippen LogP contribution in [0.25, 0.3) is 11.0 Å². The van der Waals surface area contributed by atoms with E-state index in [0.29, 0.717) is 46.7 Å². The lowest BCUT2D eigenvalue weighted by atomic mass is 9.85.